The summed E-state index contributed by atoms with van der Waals surface area (Å²) in [5, 5.41) is 2.62. The highest BCUT2D eigenvalue weighted by Gasteiger charge is 2.39. The van der Waals surface area contributed by atoms with Crippen LogP contribution in [0, 0.1) is 0 Å². The number of nitrogens with zero attached hydrogens (tertiary/aromatic N) is 1. The summed E-state index contributed by atoms with van der Waals surface area (Å²) < 4.78 is 0. The maximum Gasteiger partial charge on any atom is 0.0465 e. The molecule has 7 aromatic carbocycles. The first-order valence-corrected chi connectivity index (χ1v) is 15.4. The molecule has 0 radical (unpaired) electrons. The quantitative estimate of drug-likeness (QED) is 0.201. The van der Waals surface area contributed by atoms with Crippen LogP contribution in [0.4, 0.5) is 17.1 Å². The maximum atomic E-state index is 2.43. The largest absolute Gasteiger partial charge is 0.310 e. The van der Waals surface area contributed by atoms with Gasteiger partial charge in [-0.25, -0.2) is 0 Å². The fourth-order valence-corrected chi connectivity index (χ4v) is 7.12. The molecule has 0 aliphatic heterocycles. The lowest BCUT2D eigenvalue weighted by Gasteiger charge is -2.28. The van der Waals surface area contributed by atoms with Gasteiger partial charge in [-0.05, 0) is 97.7 Å². The van der Waals surface area contributed by atoms with Gasteiger partial charge in [0.2, 0.25) is 0 Å². The zero-order valence-corrected chi connectivity index (χ0v) is 25.0. The second-order valence-electron chi connectivity index (χ2n) is 12.2. The Kier molecular flexibility index (Phi) is 6.20. The number of benzene rings is 7. The van der Waals surface area contributed by atoms with Crippen LogP contribution in [0.1, 0.15) is 25.0 Å². The molecule has 1 heteroatoms. The average Bonchev–Trinajstić information content (AvgIpc) is 3.32. The van der Waals surface area contributed by atoms with E-state index in [0.717, 1.165) is 17.1 Å². The van der Waals surface area contributed by atoms with E-state index in [0.29, 0.717) is 0 Å². The third-order valence-corrected chi connectivity index (χ3v) is 9.21. The molecular weight excluding hydrogens is 530 g/mol. The van der Waals surface area contributed by atoms with Crippen LogP contribution in [0.25, 0.3) is 44.2 Å². The summed E-state index contributed by atoms with van der Waals surface area (Å²) >= 11 is 0. The van der Waals surface area contributed by atoms with E-state index < -0.39 is 0 Å². The third kappa shape index (κ3) is 4.24. The first kappa shape index (κ1) is 26.2. The van der Waals surface area contributed by atoms with Crippen molar-refractivity contribution in [2.24, 2.45) is 0 Å². The van der Waals surface area contributed by atoms with Gasteiger partial charge < -0.3 is 4.90 Å². The first-order valence-electron chi connectivity index (χ1n) is 15.4. The van der Waals surface area contributed by atoms with Crippen molar-refractivity contribution in [3.8, 4) is 33.4 Å². The smallest absolute Gasteiger partial charge is 0.0465 e. The van der Waals surface area contributed by atoms with Gasteiger partial charge in [0.25, 0.3) is 0 Å². The van der Waals surface area contributed by atoms with E-state index in [1.807, 2.05) is 0 Å². The number of para-hydroxylation sites is 1. The van der Waals surface area contributed by atoms with Gasteiger partial charge in [0.1, 0.15) is 0 Å². The highest BCUT2D eigenvalue weighted by Crippen LogP contribution is 2.56. The second-order valence-corrected chi connectivity index (χ2v) is 12.2. The summed E-state index contributed by atoms with van der Waals surface area (Å²) in [7, 11) is 0. The van der Waals surface area contributed by atoms with Gasteiger partial charge >= 0.3 is 0 Å². The molecule has 0 N–H and O–H groups in total. The molecule has 0 unspecified atom stereocenters. The van der Waals surface area contributed by atoms with Crippen LogP contribution >= 0.6 is 0 Å². The van der Waals surface area contributed by atoms with Gasteiger partial charge in [-0.3, -0.25) is 0 Å². The van der Waals surface area contributed by atoms with Crippen molar-refractivity contribution in [3.05, 3.63) is 175 Å². The summed E-state index contributed by atoms with van der Waals surface area (Å²) in [6.45, 7) is 4.79. The van der Waals surface area contributed by atoms with Crippen LogP contribution in [0.5, 0.6) is 0 Å². The van der Waals surface area contributed by atoms with Gasteiger partial charge in [-0.1, -0.05) is 135 Å². The normalized spacial score (nSPS) is 13.0. The van der Waals surface area contributed by atoms with Crippen molar-refractivity contribution in [2.45, 2.75) is 19.3 Å². The minimum Gasteiger partial charge on any atom is -0.310 e. The summed E-state index contributed by atoms with van der Waals surface area (Å²) in [6.07, 6.45) is 0. The predicted molar refractivity (Wildman–Crippen MR) is 187 cm³/mol. The lowest BCUT2D eigenvalue weighted by Crippen LogP contribution is -2.17. The van der Waals surface area contributed by atoms with Crippen LogP contribution in [0.3, 0.4) is 0 Å². The van der Waals surface area contributed by atoms with Gasteiger partial charge in [-0.2, -0.15) is 0 Å². The zero-order chi connectivity index (χ0) is 29.7. The van der Waals surface area contributed by atoms with Crippen molar-refractivity contribution in [3.63, 3.8) is 0 Å². The zero-order valence-electron chi connectivity index (χ0n) is 25.0. The molecule has 1 aliphatic carbocycles. The molecule has 0 spiro atoms. The number of anilines is 3. The van der Waals surface area contributed by atoms with Crippen LogP contribution in [0.2, 0.25) is 0 Å². The summed E-state index contributed by atoms with van der Waals surface area (Å²) in [5.41, 5.74) is 13.7. The first-order chi connectivity index (χ1) is 21.6. The van der Waals surface area contributed by atoms with E-state index in [9.17, 15) is 0 Å². The monoisotopic (exact) mass is 563 g/mol. The Bertz CT molecular complexity index is 2110. The van der Waals surface area contributed by atoms with E-state index in [2.05, 4.69) is 183 Å². The maximum absolute atomic E-state index is 2.43. The highest BCUT2D eigenvalue weighted by molar-refractivity contribution is 6.05. The van der Waals surface area contributed by atoms with Crippen LogP contribution in [-0.2, 0) is 5.41 Å². The number of fused-ring (bicyclic) bond motifs is 5. The van der Waals surface area contributed by atoms with E-state index in [4.69, 9.17) is 0 Å². The molecule has 0 fully saturated rings. The molecule has 0 saturated carbocycles. The molecule has 44 heavy (non-hydrogen) atoms. The summed E-state index contributed by atoms with van der Waals surface area (Å²) in [6, 6.07) is 59.4. The molecule has 8 rings (SSSR count). The summed E-state index contributed by atoms with van der Waals surface area (Å²) in [4.78, 5) is 2.38. The molecule has 210 valence electrons. The third-order valence-electron chi connectivity index (χ3n) is 9.21. The molecule has 7 aromatic rings. The van der Waals surface area contributed by atoms with Gasteiger partial charge in [0, 0.05) is 22.5 Å². The minimum absolute atomic E-state index is 0.176. The van der Waals surface area contributed by atoms with Crippen molar-refractivity contribution < 1.29 is 0 Å². The molecule has 0 saturated heterocycles. The SMILES string of the molecule is CC1(C)c2cc(N(c3ccccc3)c3ccc(-c4ccccc4)cc3)ccc2-c2c(-c3ccccc3)cc3ccccc3c21. The highest BCUT2D eigenvalue weighted by atomic mass is 15.1. The molecule has 0 heterocycles. The topological polar surface area (TPSA) is 3.24 Å². The Labute approximate surface area is 259 Å². The molecule has 0 aromatic heterocycles. The van der Waals surface area contributed by atoms with Crippen molar-refractivity contribution in [1.82, 2.24) is 0 Å². The van der Waals surface area contributed by atoms with Gasteiger partial charge in [0.05, 0.1) is 0 Å². The Hall–Kier alpha value is -5.40. The molecule has 1 aliphatic rings. The Morgan fingerprint density at radius 3 is 1.68 bits per heavy atom. The second kappa shape index (κ2) is 10.4. The Morgan fingerprint density at radius 2 is 0.977 bits per heavy atom. The van der Waals surface area contributed by atoms with Crippen LogP contribution in [-0.4, -0.2) is 0 Å². The molecule has 0 bridgehead atoms. The van der Waals surface area contributed by atoms with Gasteiger partial charge in [-0.15, -0.1) is 0 Å². The van der Waals surface area contributed by atoms with Gasteiger partial charge in [0.15, 0.2) is 0 Å². The predicted octanol–water partition coefficient (Wildman–Crippen LogP) is 11.9. The number of rotatable bonds is 5. The van der Waals surface area contributed by atoms with E-state index in [1.165, 1.54) is 55.3 Å². The Balaban J connectivity index is 1.31. The minimum atomic E-state index is -0.176. The lowest BCUT2D eigenvalue weighted by atomic mass is 9.79. The van der Waals surface area contributed by atoms with E-state index >= 15 is 0 Å². The van der Waals surface area contributed by atoms with Crippen molar-refractivity contribution >= 4 is 27.8 Å². The molecule has 0 amide bonds. The standard InChI is InChI=1S/C43H33N/c1-43(2)40-29-36(44(34-19-10-5-11-20-34)35-24-22-31(23-25-35)30-14-6-3-7-15-30)26-27-38(40)41-39(32-16-8-4-9-17-32)28-33-18-12-13-21-37(33)42(41)43/h3-29H,1-2H3. The van der Waals surface area contributed by atoms with Crippen LogP contribution in [0.15, 0.2) is 164 Å². The fourth-order valence-electron chi connectivity index (χ4n) is 7.12. The lowest BCUT2D eigenvalue weighted by molar-refractivity contribution is 0.666. The van der Waals surface area contributed by atoms with Crippen molar-refractivity contribution in [1.29, 1.82) is 0 Å². The van der Waals surface area contributed by atoms with E-state index in [1.54, 1.807) is 0 Å². The van der Waals surface area contributed by atoms with Crippen LogP contribution < -0.4 is 4.90 Å². The van der Waals surface area contributed by atoms with Crippen molar-refractivity contribution in [2.75, 3.05) is 4.90 Å². The average molecular weight is 564 g/mol. The molecular formula is C43H33N. The van der Waals surface area contributed by atoms with E-state index in [-0.39, 0.29) is 5.41 Å². The number of hydrogen-bond acceptors (Lipinski definition) is 1. The molecule has 0 atom stereocenters. The number of hydrogen-bond donors (Lipinski definition) is 0. The summed E-state index contributed by atoms with van der Waals surface area (Å²) in [5.74, 6) is 0. The fraction of sp³-hybridized carbons (Fsp3) is 0.0698. The Morgan fingerprint density at radius 1 is 0.432 bits per heavy atom. The molecule has 1 nitrogen and oxygen atoms in total.